The number of aromatic amines is 1. The van der Waals surface area contributed by atoms with Crippen LogP contribution in [0.1, 0.15) is 54.2 Å². The fourth-order valence-electron chi connectivity index (χ4n) is 2.57. The molecule has 1 heterocycles. The summed E-state index contributed by atoms with van der Waals surface area (Å²) in [5.41, 5.74) is 4.12. The molecule has 1 aromatic carbocycles. The summed E-state index contributed by atoms with van der Waals surface area (Å²) in [6.45, 7) is 7.09. The molecule has 2 N–H and O–H groups in total. The summed E-state index contributed by atoms with van der Waals surface area (Å²) in [6, 6.07) is 6.18. The lowest BCUT2D eigenvalue weighted by Gasteiger charge is -2.02. The Kier molecular flexibility index (Phi) is 4.83. The van der Waals surface area contributed by atoms with Gasteiger partial charge in [0.2, 0.25) is 0 Å². The van der Waals surface area contributed by atoms with Gasteiger partial charge in [0.25, 0.3) is 5.91 Å². The van der Waals surface area contributed by atoms with Crippen LogP contribution in [0.25, 0.3) is 10.9 Å². The summed E-state index contributed by atoms with van der Waals surface area (Å²) < 4.78 is 0. The average molecular weight is 272 g/mol. The Morgan fingerprint density at radius 2 is 1.95 bits per heavy atom. The summed E-state index contributed by atoms with van der Waals surface area (Å²) in [7, 11) is 0. The number of nitrogens with one attached hydrogen (secondary N) is 2. The van der Waals surface area contributed by atoms with E-state index in [2.05, 4.69) is 43.2 Å². The molecule has 2 aromatic rings. The third kappa shape index (κ3) is 3.41. The SMILES string of the molecule is CCCCCCNC(=O)c1cc2c(C)cc(C)cc2[nH]1. The standard InChI is InChI=1S/C17H24N2O/c1-4-5-6-7-8-18-17(20)16-11-14-13(3)9-12(2)10-15(14)19-16/h9-11,19H,4-8H2,1-3H3,(H,18,20). The number of fused-ring (bicyclic) bond motifs is 1. The van der Waals surface area contributed by atoms with Crippen molar-refractivity contribution < 1.29 is 4.79 Å². The molecule has 0 saturated carbocycles. The van der Waals surface area contributed by atoms with E-state index < -0.39 is 0 Å². The first kappa shape index (κ1) is 14.6. The van der Waals surface area contributed by atoms with Crippen molar-refractivity contribution in [3.63, 3.8) is 0 Å². The van der Waals surface area contributed by atoms with Crippen molar-refractivity contribution in [3.05, 3.63) is 35.0 Å². The van der Waals surface area contributed by atoms with Gasteiger partial charge in [0.1, 0.15) is 5.69 Å². The van der Waals surface area contributed by atoms with Gasteiger partial charge in [0, 0.05) is 17.4 Å². The Morgan fingerprint density at radius 1 is 1.15 bits per heavy atom. The van der Waals surface area contributed by atoms with E-state index in [1.807, 2.05) is 6.07 Å². The van der Waals surface area contributed by atoms with E-state index in [9.17, 15) is 4.79 Å². The normalized spacial score (nSPS) is 10.9. The first-order valence-corrected chi connectivity index (χ1v) is 7.50. The summed E-state index contributed by atoms with van der Waals surface area (Å²) in [4.78, 5) is 15.3. The van der Waals surface area contributed by atoms with Crippen LogP contribution < -0.4 is 5.32 Å². The maximum atomic E-state index is 12.1. The summed E-state index contributed by atoms with van der Waals surface area (Å²) in [5.74, 6) is -0.00486. The van der Waals surface area contributed by atoms with Crippen molar-refractivity contribution in [3.8, 4) is 0 Å². The predicted molar refractivity (Wildman–Crippen MR) is 84.2 cm³/mol. The first-order chi connectivity index (χ1) is 9.61. The molecule has 0 spiro atoms. The second-order valence-corrected chi connectivity index (χ2v) is 5.54. The molecule has 0 aliphatic heterocycles. The van der Waals surface area contributed by atoms with Gasteiger partial charge in [-0.1, -0.05) is 32.3 Å². The highest BCUT2D eigenvalue weighted by molar-refractivity contribution is 5.98. The number of H-pyrrole nitrogens is 1. The fourth-order valence-corrected chi connectivity index (χ4v) is 2.57. The fraction of sp³-hybridized carbons (Fsp3) is 0.471. The van der Waals surface area contributed by atoms with Crippen LogP contribution in [0.4, 0.5) is 0 Å². The predicted octanol–water partition coefficient (Wildman–Crippen LogP) is 4.09. The van der Waals surface area contributed by atoms with E-state index in [0.717, 1.165) is 23.9 Å². The molecular weight excluding hydrogens is 248 g/mol. The third-order valence-electron chi connectivity index (χ3n) is 3.65. The van der Waals surface area contributed by atoms with Gasteiger partial charge in [-0.05, 0) is 43.5 Å². The van der Waals surface area contributed by atoms with Crippen molar-refractivity contribution >= 4 is 16.8 Å². The summed E-state index contributed by atoms with van der Waals surface area (Å²) >= 11 is 0. The van der Waals surface area contributed by atoms with Crippen molar-refractivity contribution in [1.82, 2.24) is 10.3 Å². The molecule has 3 heteroatoms. The molecule has 0 fully saturated rings. The van der Waals surface area contributed by atoms with Gasteiger partial charge in [-0.15, -0.1) is 0 Å². The zero-order valence-electron chi connectivity index (χ0n) is 12.7. The number of hydrogen-bond donors (Lipinski definition) is 2. The van der Waals surface area contributed by atoms with Gasteiger partial charge in [-0.3, -0.25) is 4.79 Å². The van der Waals surface area contributed by atoms with Crippen molar-refractivity contribution in [1.29, 1.82) is 0 Å². The van der Waals surface area contributed by atoms with Crippen molar-refractivity contribution in [2.75, 3.05) is 6.54 Å². The Morgan fingerprint density at radius 3 is 2.70 bits per heavy atom. The minimum atomic E-state index is -0.00486. The average Bonchev–Trinajstić information content (AvgIpc) is 2.82. The van der Waals surface area contributed by atoms with Gasteiger partial charge in [0.15, 0.2) is 0 Å². The molecule has 0 aliphatic rings. The molecule has 2 rings (SSSR count). The minimum absolute atomic E-state index is 0.00486. The quantitative estimate of drug-likeness (QED) is 0.764. The number of carbonyl (C=O) groups excluding carboxylic acids is 1. The van der Waals surface area contributed by atoms with E-state index >= 15 is 0 Å². The maximum absolute atomic E-state index is 12.1. The molecule has 3 nitrogen and oxygen atoms in total. The highest BCUT2D eigenvalue weighted by Gasteiger charge is 2.10. The van der Waals surface area contributed by atoms with Gasteiger partial charge in [0.05, 0.1) is 0 Å². The van der Waals surface area contributed by atoms with Gasteiger partial charge >= 0.3 is 0 Å². The lowest BCUT2D eigenvalue weighted by atomic mass is 10.1. The van der Waals surface area contributed by atoms with Crippen LogP contribution in [0.3, 0.4) is 0 Å². The number of rotatable bonds is 6. The van der Waals surface area contributed by atoms with E-state index in [1.165, 1.54) is 30.4 Å². The highest BCUT2D eigenvalue weighted by Crippen LogP contribution is 2.21. The molecule has 20 heavy (non-hydrogen) atoms. The topological polar surface area (TPSA) is 44.9 Å². The number of benzene rings is 1. The number of aryl methyl sites for hydroxylation is 2. The molecular formula is C17H24N2O. The monoisotopic (exact) mass is 272 g/mol. The highest BCUT2D eigenvalue weighted by atomic mass is 16.1. The molecule has 0 radical (unpaired) electrons. The van der Waals surface area contributed by atoms with Crippen LogP contribution in [0.15, 0.2) is 18.2 Å². The zero-order chi connectivity index (χ0) is 14.5. The van der Waals surface area contributed by atoms with Crippen LogP contribution in [0.2, 0.25) is 0 Å². The molecule has 0 saturated heterocycles. The van der Waals surface area contributed by atoms with Crippen molar-refractivity contribution in [2.45, 2.75) is 46.5 Å². The van der Waals surface area contributed by atoms with E-state index in [1.54, 1.807) is 0 Å². The van der Waals surface area contributed by atoms with Crippen LogP contribution in [-0.4, -0.2) is 17.4 Å². The minimum Gasteiger partial charge on any atom is -0.351 e. The lowest BCUT2D eigenvalue weighted by Crippen LogP contribution is -2.24. The zero-order valence-corrected chi connectivity index (χ0v) is 12.7. The number of hydrogen-bond acceptors (Lipinski definition) is 1. The lowest BCUT2D eigenvalue weighted by molar-refractivity contribution is 0.0949. The number of aromatic nitrogens is 1. The molecule has 1 amide bonds. The van der Waals surface area contributed by atoms with Crippen LogP contribution in [-0.2, 0) is 0 Å². The van der Waals surface area contributed by atoms with E-state index in [4.69, 9.17) is 0 Å². The van der Waals surface area contributed by atoms with Crippen molar-refractivity contribution in [2.24, 2.45) is 0 Å². The molecule has 0 aliphatic carbocycles. The Labute approximate surface area is 120 Å². The maximum Gasteiger partial charge on any atom is 0.267 e. The van der Waals surface area contributed by atoms with Gasteiger partial charge in [-0.2, -0.15) is 0 Å². The van der Waals surface area contributed by atoms with Crippen LogP contribution >= 0.6 is 0 Å². The molecule has 0 bridgehead atoms. The summed E-state index contributed by atoms with van der Waals surface area (Å²) in [5, 5.41) is 4.11. The molecule has 0 atom stereocenters. The largest absolute Gasteiger partial charge is 0.351 e. The van der Waals surface area contributed by atoms with Crippen LogP contribution in [0, 0.1) is 13.8 Å². The van der Waals surface area contributed by atoms with Crippen LogP contribution in [0.5, 0.6) is 0 Å². The molecule has 0 unspecified atom stereocenters. The number of carbonyl (C=O) groups is 1. The second kappa shape index (κ2) is 6.60. The van der Waals surface area contributed by atoms with E-state index in [-0.39, 0.29) is 5.91 Å². The Bertz CT molecular complexity index is 598. The van der Waals surface area contributed by atoms with Gasteiger partial charge < -0.3 is 10.3 Å². The first-order valence-electron chi connectivity index (χ1n) is 7.50. The third-order valence-corrected chi connectivity index (χ3v) is 3.65. The summed E-state index contributed by atoms with van der Waals surface area (Å²) in [6.07, 6.45) is 4.69. The van der Waals surface area contributed by atoms with E-state index in [0.29, 0.717) is 5.69 Å². The number of amides is 1. The Balaban J connectivity index is 2.02. The number of unbranched alkanes of at least 4 members (excludes halogenated alkanes) is 3. The second-order valence-electron chi connectivity index (χ2n) is 5.54. The Hall–Kier alpha value is -1.77. The molecule has 1 aromatic heterocycles. The van der Waals surface area contributed by atoms with Gasteiger partial charge in [-0.25, -0.2) is 0 Å². The molecule has 108 valence electrons. The smallest absolute Gasteiger partial charge is 0.267 e.